The monoisotopic (exact) mass is 740 g/mol. The number of hydrogen-bond donors (Lipinski definition) is 3. The highest BCUT2D eigenvalue weighted by atomic mass is 32.2. The maximum atomic E-state index is 12.9. The zero-order chi connectivity index (χ0) is 37.8. The summed E-state index contributed by atoms with van der Waals surface area (Å²) < 4.78 is 54.6. The van der Waals surface area contributed by atoms with Gasteiger partial charge in [-0.25, -0.2) is 18.0 Å². The molecule has 276 valence electrons. The molecule has 3 aromatic rings. The number of hydroxylamine groups is 2. The van der Waals surface area contributed by atoms with E-state index in [1.54, 1.807) is 18.2 Å². The van der Waals surface area contributed by atoms with E-state index in [0.717, 1.165) is 5.41 Å². The Labute approximate surface area is 298 Å². The number of rotatable bonds is 16. The third-order valence-corrected chi connectivity index (χ3v) is 8.30. The minimum atomic E-state index is -4.08. The van der Waals surface area contributed by atoms with Crippen LogP contribution in [0.3, 0.4) is 0 Å². The van der Waals surface area contributed by atoms with Gasteiger partial charge in [0.1, 0.15) is 29.6 Å². The van der Waals surface area contributed by atoms with Gasteiger partial charge in [0.2, 0.25) is 5.91 Å². The third kappa shape index (κ3) is 10.1. The molecule has 0 radical (unpaired) electrons. The summed E-state index contributed by atoms with van der Waals surface area (Å²) in [6.07, 6.45) is -0.00165. The molecule has 1 aliphatic heterocycles. The second kappa shape index (κ2) is 17.6. The van der Waals surface area contributed by atoms with Gasteiger partial charge in [0.15, 0.2) is 0 Å². The number of amides is 4. The van der Waals surface area contributed by atoms with Crippen LogP contribution in [0.1, 0.15) is 34.3 Å². The summed E-state index contributed by atoms with van der Waals surface area (Å²) in [7, 11) is 1.58. The molecule has 52 heavy (non-hydrogen) atoms. The van der Waals surface area contributed by atoms with Gasteiger partial charge in [-0.1, -0.05) is 18.2 Å². The van der Waals surface area contributed by atoms with Crippen molar-refractivity contribution in [1.82, 2.24) is 10.4 Å². The Kier molecular flexibility index (Phi) is 13.0. The van der Waals surface area contributed by atoms with Crippen LogP contribution in [0.15, 0.2) is 60.0 Å². The Morgan fingerprint density at radius 1 is 0.846 bits per heavy atom. The molecule has 17 nitrogen and oxygen atoms in total. The maximum Gasteiger partial charge on any atom is 0.411 e. The van der Waals surface area contributed by atoms with Gasteiger partial charge in [-0.3, -0.25) is 24.4 Å². The fourth-order valence-corrected chi connectivity index (χ4v) is 5.64. The van der Waals surface area contributed by atoms with Crippen LogP contribution < -0.4 is 34.3 Å². The maximum absolute atomic E-state index is 12.9. The Balaban J connectivity index is 1.31. The second-order valence-corrected chi connectivity index (χ2v) is 12.3. The number of nitrogens with one attached hydrogen (secondary N) is 3. The summed E-state index contributed by atoms with van der Waals surface area (Å²) in [5.74, 6) is -1.47. The highest BCUT2D eigenvalue weighted by molar-refractivity contribution is 7.95. The van der Waals surface area contributed by atoms with E-state index in [9.17, 15) is 32.4 Å². The van der Waals surface area contributed by atoms with Crippen LogP contribution in [0.5, 0.6) is 23.0 Å². The Hall–Kier alpha value is -6.30. The van der Waals surface area contributed by atoms with Gasteiger partial charge >= 0.3 is 12.1 Å². The summed E-state index contributed by atoms with van der Waals surface area (Å²) >= 11 is 0. The molecule has 1 aliphatic rings. The first-order valence-electron chi connectivity index (χ1n) is 15.4. The number of imide groups is 1. The normalized spacial score (nSPS) is 12.7. The molecule has 4 amide bonds. The molecule has 1 fully saturated rings. The van der Waals surface area contributed by atoms with Gasteiger partial charge in [-0.2, -0.15) is 0 Å². The van der Waals surface area contributed by atoms with Crippen molar-refractivity contribution in [2.75, 3.05) is 51.6 Å². The minimum Gasteiger partial charge on any atom is -0.496 e. The van der Waals surface area contributed by atoms with E-state index in [1.165, 1.54) is 70.9 Å². The molecule has 4 rings (SSSR count). The van der Waals surface area contributed by atoms with Gasteiger partial charge < -0.3 is 33.8 Å². The number of benzene rings is 3. The van der Waals surface area contributed by atoms with Crippen molar-refractivity contribution in [3.63, 3.8) is 0 Å². The zero-order valence-electron chi connectivity index (χ0n) is 28.5. The lowest BCUT2D eigenvalue weighted by molar-refractivity contribution is -0.172. The predicted molar refractivity (Wildman–Crippen MR) is 185 cm³/mol. The predicted octanol–water partition coefficient (Wildman–Crippen LogP) is 3.26. The van der Waals surface area contributed by atoms with E-state index in [4.69, 9.17) is 28.5 Å². The lowest BCUT2D eigenvalue weighted by Gasteiger charge is -2.15. The summed E-state index contributed by atoms with van der Waals surface area (Å²) in [6, 6.07) is 13.4. The van der Waals surface area contributed by atoms with Crippen LogP contribution >= 0.6 is 0 Å². The van der Waals surface area contributed by atoms with Crippen LogP contribution in [0.2, 0.25) is 0 Å². The lowest BCUT2D eigenvalue weighted by Crippen LogP contribution is -2.33. The van der Waals surface area contributed by atoms with Crippen LogP contribution in [-0.4, -0.2) is 84.9 Å². The molecule has 0 aliphatic carbocycles. The van der Waals surface area contributed by atoms with Crippen LogP contribution in [0.4, 0.5) is 16.2 Å². The van der Waals surface area contributed by atoms with E-state index in [-0.39, 0.29) is 60.7 Å². The zero-order valence-corrected chi connectivity index (χ0v) is 29.4. The number of methoxy groups -OCH3 is 4. The van der Waals surface area contributed by atoms with Crippen LogP contribution in [0, 0.1) is 0 Å². The van der Waals surface area contributed by atoms with Crippen molar-refractivity contribution >= 4 is 57.3 Å². The van der Waals surface area contributed by atoms with E-state index in [2.05, 4.69) is 15.4 Å². The quantitative estimate of drug-likeness (QED) is 0.142. The fourth-order valence-electron chi connectivity index (χ4n) is 4.80. The van der Waals surface area contributed by atoms with E-state index >= 15 is 0 Å². The molecule has 18 heteroatoms. The van der Waals surface area contributed by atoms with Crippen molar-refractivity contribution in [2.45, 2.75) is 19.3 Å². The molecule has 1 heterocycles. The average molecular weight is 741 g/mol. The molecule has 3 N–H and O–H groups in total. The van der Waals surface area contributed by atoms with Crippen molar-refractivity contribution in [2.24, 2.45) is 0 Å². The third-order valence-electron chi connectivity index (χ3n) is 7.29. The summed E-state index contributed by atoms with van der Waals surface area (Å²) in [6.45, 7) is -0.346. The first-order chi connectivity index (χ1) is 24.9. The van der Waals surface area contributed by atoms with E-state index in [0.29, 0.717) is 27.9 Å². The Morgan fingerprint density at radius 2 is 1.50 bits per heavy atom. The number of anilines is 2. The molecular weight excluding hydrogens is 704 g/mol. The van der Waals surface area contributed by atoms with Crippen LogP contribution in [0.25, 0.3) is 6.08 Å². The number of nitrogens with zero attached hydrogens (tertiary/aromatic N) is 1. The van der Waals surface area contributed by atoms with E-state index < -0.39 is 39.8 Å². The first kappa shape index (κ1) is 38.5. The molecule has 3 aromatic carbocycles. The smallest absolute Gasteiger partial charge is 0.411 e. The number of sulfonamides is 1. The number of carbonyl (C=O) groups excluding carboxylic acids is 5. The minimum absolute atomic E-state index is 0.00651. The number of carbonyl (C=O) groups is 5. The van der Waals surface area contributed by atoms with Crippen molar-refractivity contribution < 1.29 is 60.9 Å². The SMILES string of the molecule is COc1cc(OC)c(/C=C/S(=O)(=O)Nc2ccc(OC)c(NC(=O)OCCNC(=O)Cc3ccccc3C(=O)ON3C(=O)CCC3=O)c2)c(OC)c1. The highest BCUT2D eigenvalue weighted by Gasteiger charge is 2.33. The fraction of sp³-hybridized carbons (Fsp3) is 0.265. The van der Waals surface area contributed by atoms with Gasteiger partial charge in [0.05, 0.1) is 69.3 Å². The largest absolute Gasteiger partial charge is 0.496 e. The molecular formula is C34H36N4O13S. The summed E-state index contributed by atoms with van der Waals surface area (Å²) in [5, 5.41) is 6.37. The molecule has 1 saturated heterocycles. The number of hydrogen-bond acceptors (Lipinski definition) is 13. The molecule has 0 saturated carbocycles. The number of ether oxygens (including phenoxy) is 5. The lowest BCUT2D eigenvalue weighted by atomic mass is 10.0. The highest BCUT2D eigenvalue weighted by Crippen LogP contribution is 2.35. The molecule has 0 bridgehead atoms. The van der Waals surface area contributed by atoms with Crippen molar-refractivity contribution in [3.8, 4) is 23.0 Å². The Morgan fingerprint density at radius 3 is 2.13 bits per heavy atom. The van der Waals surface area contributed by atoms with Gasteiger partial charge in [-0.15, -0.1) is 5.06 Å². The second-order valence-electron chi connectivity index (χ2n) is 10.7. The molecule has 0 unspecified atom stereocenters. The molecule has 0 atom stereocenters. The topological polar surface area (TPSA) is 214 Å². The van der Waals surface area contributed by atoms with Gasteiger partial charge in [0, 0.05) is 25.0 Å². The molecule has 0 spiro atoms. The van der Waals surface area contributed by atoms with Crippen molar-refractivity contribution in [3.05, 3.63) is 76.7 Å². The van der Waals surface area contributed by atoms with Crippen molar-refractivity contribution in [1.29, 1.82) is 0 Å². The average Bonchev–Trinajstić information content (AvgIpc) is 3.44. The van der Waals surface area contributed by atoms with Gasteiger partial charge in [0.25, 0.3) is 21.8 Å². The Bertz CT molecular complexity index is 1940. The standard InChI is InChI=1S/C34H36N4O13S/c1-46-23-19-28(48-3)25(29(20-23)49-4)13-16-52(44,45)37-22-9-10-27(47-2)26(18-22)36-34(43)50-15-14-35-30(39)17-21-7-5-6-8-24(21)33(42)51-38-31(40)11-12-32(38)41/h5-10,13,16,18-20,37H,11-12,14-15,17H2,1-4H3,(H,35,39)(H,36,43)/b16-13+. The van der Waals surface area contributed by atoms with Crippen LogP contribution in [-0.2, 0) is 40.4 Å². The molecule has 0 aromatic heterocycles. The summed E-state index contributed by atoms with van der Waals surface area (Å²) in [4.78, 5) is 66.3. The summed E-state index contributed by atoms with van der Waals surface area (Å²) in [5.41, 5.74) is 0.797. The first-order valence-corrected chi connectivity index (χ1v) is 17.0. The van der Waals surface area contributed by atoms with E-state index in [1.807, 2.05) is 0 Å². The van der Waals surface area contributed by atoms with Gasteiger partial charge in [-0.05, 0) is 35.9 Å².